The van der Waals surface area contributed by atoms with E-state index >= 15 is 0 Å². The summed E-state index contributed by atoms with van der Waals surface area (Å²) in [6, 6.07) is 16.8. The van der Waals surface area contributed by atoms with Gasteiger partial charge in [-0.1, -0.05) is 62.2 Å². The van der Waals surface area contributed by atoms with E-state index < -0.39 is 0 Å². The molecule has 1 atom stereocenters. The van der Waals surface area contributed by atoms with E-state index in [0.717, 1.165) is 17.3 Å². The number of halogens is 2. The Morgan fingerprint density at radius 1 is 0.947 bits per heavy atom. The highest BCUT2D eigenvalue weighted by molar-refractivity contribution is 9.10. The topological polar surface area (TPSA) is 26.0 Å². The monoisotopic (exact) mass is 381 g/mol. The van der Waals surface area contributed by atoms with Crippen LogP contribution in [0.1, 0.15) is 11.1 Å². The Bertz CT molecular complexity index is 540. The first-order chi connectivity index (χ1) is 9.19. The van der Waals surface area contributed by atoms with Crippen molar-refractivity contribution < 1.29 is 0 Å². The summed E-state index contributed by atoms with van der Waals surface area (Å²) in [5.74, 6) is 0.466. The van der Waals surface area contributed by atoms with E-state index in [-0.39, 0.29) is 0 Å². The summed E-state index contributed by atoms with van der Waals surface area (Å²) in [7, 11) is 0. The molecule has 0 bridgehead atoms. The van der Waals surface area contributed by atoms with Crippen LogP contribution in [0.15, 0.2) is 57.5 Å². The minimum atomic E-state index is 0.466. The summed E-state index contributed by atoms with van der Waals surface area (Å²) in [6.07, 6.45) is 2.02. The molecule has 2 aromatic carbocycles. The maximum Gasteiger partial charge on any atom is 0.0207 e. The lowest BCUT2D eigenvalue weighted by Gasteiger charge is -2.16. The average molecular weight is 383 g/mol. The van der Waals surface area contributed by atoms with E-state index in [1.54, 1.807) is 0 Å². The van der Waals surface area contributed by atoms with Crippen molar-refractivity contribution in [3.63, 3.8) is 0 Å². The van der Waals surface area contributed by atoms with Crippen molar-refractivity contribution in [3.8, 4) is 0 Å². The van der Waals surface area contributed by atoms with Crippen LogP contribution in [0.25, 0.3) is 0 Å². The van der Waals surface area contributed by atoms with Crippen molar-refractivity contribution in [2.24, 2.45) is 11.7 Å². The van der Waals surface area contributed by atoms with E-state index in [1.165, 1.54) is 15.6 Å². The second kappa shape index (κ2) is 7.22. The van der Waals surface area contributed by atoms with E-state index in [9.17, 15) is 0 Å². The average Bonchev–Trinajstić information content (AvgIpc) is 2.40. The fraction of sp³-hybridized carbons (Fsp3) is 0.250. The highest BCUT2D eigenvalue weighted by Crippen LogP contribution is 2.22. The molecular formula is C16H17Br2N. The van der Waals surface area contributed by atoms with Gasteiger partial charge in [-0.15, -0.1) is 0 Å². The van der Waals surface area contributed by atoms with Gasteiger partial charge in [-0.3, -0.25) is 0 Å². The minimum Gasteiger partial charge on any atom is -0.330 e. The Labute approximate surface area is 131 Å². The lowest BCUT2D eigenvalue weighted by Crippen LogP contribution is -2.19. The highest BCUT2D eigenvalue weighted by atomic mass is 79.9. The van der Waals surface area contributed by atoms with Gasteiger partial charge in [0, 0.05) is 8.95 Å². The SMILES string of the molecule is NCC(Cc1cccc(Br)c1)Cc1ccccc1Br. The lowest BCUT2D eigenvalue weighted by molar-refractivity contribution is 0.532. The quantitative estimate of drug-likeness (QED) is 0.805. The van der Waals surface area contributed by atoms with Crippen LogP contribution >= 0.6 is 31.9 Å². The van der Waals surface area contributed by atoms with E-state index in [4.69, 9.17) is 5.73 Å². The smallest absolute Gasteiger partial charge is 0.0207 e. The van der Waals surface area contributed by atoms with Crippen LogP contribution in [0, 0.1) is 5.92 Å². The third kappa shape index (κ3) is 4.44. The predicted octanol–water partition coefficient (Wildman–Crippen LogP) is 4.57. The molecule has 3 heteroatoms. The van der Waals surface area contributed by atoms with Gasteiger partial charge in [0.1, 0.15) is 0 Å². The number of hydrogen-bond donors (Lipinski definition) is 1. The zero-order chi connectivity index (χ0) is 13.7. The molecule has 2 rings (SSSR count). The van der Waals surface area contributed by atoms with Crippen LogP contribution in [0.5, 0.6) is 0 Å². The molecule has 0 radical (unpaired) electrons. The van der Waals surface area contributed by atoms with Crippen molar-refractivity contribution in [3.05, 3.63) is 68.6 Å². The van der Waals surface area contributed by atoms with Crippen LogP contribution in [0.3, 0.4) is 0 Å². The number of hydrogen-bond acceptors (Lipinski definition) is 1. The number of nitrogens with two attached hydrogens (primary N) is 1. The largest absolute Gasteiger partial charge is 0.330 e. The molecular weight excluding hydrogens is 366 g/mol. The summed E-state index contributed by atoms with van der Waals surface area (Å²) in [6.45, 7) is 0.702. The fourth-order valence-corrected chi connectivity index (χ4v) is 3.10. The zero-order valence-corrected chi connectivity index (χ0v) is 13.8. The number of rotatable bonds is 5. The molecule has 0 heterocycles. The molecule has 0 aliphatic rings. The van der Waals surface area contributed by atoms with Crippen molar-refractivity contribution in [1.82, 2.24) is 0 Å². The molecule has 0 saturated carbocycles. The molecule has 0 saturated heterocycles. The summed E-state index contributed by atoms with van der Waals surface area (Å²) in [5, 5.41) is 0. The van der Waals surface area contributed by atoms with Gasteiger partial charge in [-0.05, 0) is 54.6 Å². The Kier molecular flexibility index (Phi) is 5.61. The summed E-state index contributed by atoms with van der Waals surface area (Å²) < 4.78 is 2.30. The molecule has 19 heavy (non-hydrogen) atoms. The first-order valence-electron chi connectivity index (χ1n) is 6.37. The Morgan fingerprint density at radius 2 is 1.74 bits per heavy atom. The van der Waals surface area contributed by atoms with E-state index in [1.807, 2.05) is 6.07 Å². The van der Waals surface area contributed by atoms with Crippen LogP contribution in [-0.2, 0) is 12.8 Å². The van der Waals surface area contributed by atoms with Gasteiger partial charge in [-0.25, -0.2) is 0 Å². The Hall–Kier alpha value is -0.640. The molecule has 1 nitrogen and oxygen atoms in total. The molecule has 1 unspecified atom stereocenters. The third-order valence-electron chi connectivity index (χ3n) is 3.21. The van der Waals surface area contributed by atoms with E-state index in [2.05, 4.69) is 74.3 Å². The van der Waals surface area contributed by atoms with Gasteiger partial charge in [0.25, 0.3) is 0 Å². The molecule has 2 aromatic rings. The van der Waals surface area contributed by atoms with Crippen molar-refractivity contribution in [2.45, 2.75) is 12.8 Å². The van der Waals surface area contributed by atoms with Crippen molar-refractivity contribution in [1.29, 1.82) is 0 Å². The van der Waals surface area contributed by atoms with E-state index in [0.29, 0.717) is 12.5 Å². The van der Waals surface area contributed by atoms with Crippen molar-refractivity contribution >= 4 is 31.9 Å². The maximum atomic E-state index is 5.93. The van der Waals surface area contributed by atoms with Gasteiger partial charge in [0.15, 0.2) is 0 Å². The summed E-state index contributed by atoms with van der Waals surface area (Å²) in [5.41, 5.74) is 8.59. The van der Waals surface area contributed by atoms with Crippen LogP contribution in [0.2, 0.25) is 0 Å². The molecule has 0 spiro atoms. The van der Waals surface area contributed by atoms with Gasteiger partial charge in [-0.2, -0.15) is 0 Å². The zero-order valence-electron chi connectivity index (χ0n) is 10.7. The predicted molar refractivity (Wildman–Crippen MR) is 88.2 cm³/mol. The van der Waals surface area contributed by atoms with Crippen LogP contribution in [0.4, 0.5) is 0 Å². The van der Waals surface area contributed by atoms with Gasteiger partial charge < -0.3 is 5.73 Å². The molecule has 0 fully saturated rings. The Morgan fingerprint density at radius 3 is 2.42 bits per heavy atom. The van der Waals surface area contributed by atoms with Gasteiger partial charge in [0.2, 0.25) is 0 Å². The molecule has 0 amide bonds. The summed E-state index contributed by atoms with van der Waals surface area (Å²) >= 11 is 7.12. The standard InChI is InChI=1S/C16H17Br2N/c17-15-6-3-4-12(10-15)8-13(11-19)9-14-5-1-2-7-16(14)18/h1-7,10,13H,8-9,11,19H2. The number of benzene rings is 2. The molecule has 0 aliphatic carbocycles. The molecule has 0 aliphatic heterocycles. The molecule has 100 valence electrons. The van der Waals surface area contributed by atoms with Gasteiger partial charge in [0.05, 0.1) is 0 Å². The lowest BCUT2D eigenvalue weighted by atomic mass is 9.93. The molecule has 2 N–H and O–H groups in total. The fourth-order valence-electron chi connectivity index (χ4n) is 2.21. The summed E-state index contributed by atoms with van der Waals surface area (Å²) in [4.78, 5) is 0. The van der Waals surface area contributed by atoms with Gasteiger partial charge >= 0.3 is 0 Å². The van der Waals surface area contributed by atoms with Crippen molar-refractivity contribution in [2.75, 3.05) is 6.54 Å². The molecule has 0 aromatic heterocycles. The second-order valence-electron chi connectivity index (χ2n) is 4.73. The second-order valence-corrected chi connectivity index (χ2v) is 6.50. The van der Waals surface area contributed by atoms with Crippen LogP contribution in [-0.4, -0.2) is 6.54 Å². The Balaban J connectivity index is 2.07. The normalized spacial score (nSPS) is 12.4. The first-order valence-corrected chi connectivity index (χ1v) is 7.95. The maximum absolute atomic E-state index is 5.93. The first kappa shape index (κ1) is 14.8. The third-order valence-corrected chi connectivity index (χ3v) is 4.48. The highest BCUT2D eigenvalue weighted by Gasteiger charge is 2.11. The minimum absolute atomic E-state index is 0.466. The van der Waals surface area contributed by atoms with Crippen LogP contribution < -0.4 is 5.73 Å².